The van der Waals surface area contributed by atoms with Crippen LogP contribution in [0.15, 0.2) is 108 Å². The van der Waals surface area contributed by atoms with Crippen molar-refractivity contribution < 1.29 is 17.4 Å². The Morgan fingerprint density at radius 1 is 0.560 bits per heavy atom. The molecule has 0 radical (unpaired) electrons. The number of fused-ring (bicyclic) bond motifs is 2. The van der Waals surface area contributed by atoms with E-state index in [2.05, 4.69) is 139 Å². The Labute approximate surface area is 317 Å². The first-order chi connectivity index (χ1) is 23.1. The molecule has 0 spiro atoms. The molecule has 4 aliphatic rings. The topological polar surface area (TPSA) is 0 Å². The molecule has 2 saturated carbocycles. The average Bonchev–Trinajstić information content (AvgIpc) is 3.93. The second kappa shape index (κ2) is 14.1. The Morgan fingerprint density at radius 2 is 0.940 bits per heavy atom. The van der Waals surface area contributed by atoms with Gasteiger partial charge in [-0.1, -0.05) is 0 Å². The van der Waals surface area contributed by atoms with Gasteiger partial charge in [-0.3, -0.25) is 0 Å². The standard InChI is InChI=1S/2C22H23.2CH3.2ClH.H2Si.Zr/c2*1-2-11-22(12-13-22)16-17-14-19-9-6-10-20(21(19)15-17)18-7-4-3-5-8-18;;;;;;/h2*3-10,14-15H,2,11-13,16H2,1H3;2*1H3;2*1H;1H2;. The first-order valence-corrected chi connectivity index (χ1v) is 32.7. The molecule has 4 heteroatoms. The first kappa shape index (κ1) is 37.8. The summed E-state index contributed by atoms with van der Waals surface area (Å²) in [6.07, 6.45) is 19.0. The number of hydrogen-bond acceptors (Lipinski definition) is 0. The molecule has 0 saturated heterocycles. The zero-order valence-electron chi connectivity index (χ0n) is 30.6. The van der Waals surface area contributed by atoms with Gasteiger partial charge in [0, 0.05) is 0 Å². The van der Waals surface area contributed by atoms with E-state index in [1.807, 2.05) is 0 Å². The van der Waals surface area contributed by atoms with Gasteiger partial charge in [0.1, 0.15) is 0 Å². The minimum atomic E-state index is -3.79. The van der Waals surface area contributed by atoms with Crippen molar-refractivity contribution in [2.24, 2.45) is 10.8 Å². The fraction of sp³-hybridized carbons (Fsp3) is 0.391. The van der Waals surface area contributed by atoms with Crippen LogP contribution < -0.4 is 0 Å². The number of benzene rings is 4. The molecule has 0 bridgehead atoms. The van der Waals surface area contributed by atoms with Crippen molar-refractivity contribution in [3.8, 4) is 22.3 Å². The van der Waals surface area contributed by atoms with E-state index in [-0.39, 0.29) is 24.8 Å². The third kappa shape index (κ3) is 6.70. The van der Waals surface area contributed by atoms with Gasteiger partial charge < -0.3 is 0 Å². The van der Waals surface area contributed by atoms with Gasteiger partial charge in [-0.05, 0) is 0 Å². The molecule has 0 nitrogen and oxygen atoms in total. The summed E-state index contributed by atoms with van der Waals surface area (Å²) >= 11 is -3.79. The predicted octanol–water partition coefficient (Wildman–Crippen LogP) is 13.7. The van der Waals surface area contributed by atoms with Gasteiger partial charge in [-0.25, -0.2) is 0 Å². The third-order valence-electron chi connectivity index (χ3n) is 13.0. The Bertz CT molecular complexity index is 1850. The fourth-order valence-corrected chi connectivity index (χ4v) is 30.4. The van der Waals surface area contributed by atoms with E-state index < -0.39 is 17.4 Å². The summed E-state index contributed by atoms with van der Waals surface area (Å²) in [5.74, 6) is 0. The summed E-state index contributed by atoms with van der Waals surface area (Å²) < 4.78 is 6.89. The van der Waals surface area contributed by atoms with E-state index in [9.17, 15) is 0 Å². The quantitative estimate of drug-likeness (QED) is 0.125. The molecule has 2 fully saturated rings. The zero-order valence-corrected chi connectivity index (χ0v) is 36.1. The molecule has 0 heterocycles. The minimum absolute atomic E-state index is 0. The van der Waals surface area contributed by atoms with Crippen molar-refractivity contribution >= 4 is 43.8 Å². The van der Waals surface area contributed by atoms with Crippen molar-refractivity contribution in [2.75, 3.05) is 0 Å². The number of rotatable bonds is 12. The molecule has 4 aromatic carbocycles. The average molecular weight is 799 g/mol. The van der Waals surface area contributed by atoms with Crippen LogP contribution >= 0.6 is 24.8 Å². The van der Waals surface area contributed by atoms with E-state index in [0.29, 0.717) is 18.1 Å². The van der Waals surface area contributed by atoms with Crippen LogP contribution in [0.5, 0.6) is 0 Å². The monoisotopic (exact) mass is 796 g/mol. The molecule has 0 amide bonds. The van der Waals surface area contributed by atoms with Gasteiger partial charge in [-0.2, -0.15) is 0 Å². The summed E-state index contributed by atoms with van der Waals surface area (Å²) in [6, 6.07) is 37.0. The van der Waals surface area contributed by atoms with Crippen molar-refractivity contribution in [2.45, 2.75) is 94.6 Å². The summed E-state index contributed by atoms with van der Waals surface area (Å²) in [4.78, 5) is 0. The van der Waals surface area contributed by atoms with E-state index in [1.165, 1.54) is 97.6 Å². The maximum atomic E-state index is 2.88. The van der Waals surface area contributed by atoms with Gasteiger partial charge in [0.15, 0.2) is 0 Å². The van der Waals surface area contributed by atoms with E-state index in [0.717, 1.165) is 0 Å². The zero-order chi connectivity index (χ0) is 33.2. The maximum absolute atomic E-state index is 3.79. The van der Waals surface area contributed by atoms with E-state index in [4.69, 9.17) is 0 Å². The SMILES string of the molecule is CCCC1(CC2=Cc3c(-c4ccccc4)cccc3[CH]2[Zr]([CH3])([CH3])(=[SiH2])[CH]2C(CC3(CCC)CC3)=Cc3c(-c4ccccc4)cccc32)CC1.Cl.Cl. The van der Waals surface area contributed by atoms with Crippen LogP contribution in [0.2, 0.25) is 9.26 Å². The third-order valence-corrected chi connectivity index (χ3v) is 30.5. The molecule has 4 aliphatic carbocycles. The fourth-order valence-electron chi connectivity index (χ4n) is 10.7. The van der Waals surface area contributed by atoms with Crippen molar-refractivity contribution in [3.05, 3.63) is 130 Å². The van der Waals surface area contributed by atoms with Crippen LogP contribution in [0.1, 0.15) is 108 Å². The molecule has 0 aliphatic heterocycles. The summed E-state index contributed by atoms with van der Waals surface area (Å²) in [6.45, 7) is 7.35. The normalized spacial score (nSPS) is 20.8. The van der Waals surface area contributed by atoms with Crippen molar-refractivity contribution in [1.82, 2.24) is 0 Å². The molecule has 2 unspecified atom stereocenters. The van der Waals surface area contributed by atoms with Crippen LogP contribution in [0.25, 0.3) is 34.4 Å². The van der Waals surface area contributed by atoms with Crippen LogP contribution in [0.3, 0.4) is 0 Å². The molecular formula is C46H56Cl2SiZr. The number of halogens is 2. The Balaban J connectivity index is 0.00000216. The van der Waals surface area contributed by atoms with Gasteiger partial charge in [-0.15, -0.1) is 24.8 Å². The largest absolute Gasteiger partial charge is 0.147 e. The van der Waals surface area contributed by atoms with Crippen molar-refractivity contribution in [1.29, 1.82) is 0 Å². The van der Waals surface area contributed by atoms with Crippen LogP contribution in [0.4, 0.5) is 0 Å². The number of allylic oxidation sites excluding steroid dienone is 2. The summed E-state index contributed by atoms with van der Waals surface area (Å²) in [7, 11) is 0. The first-order valence-electron chi connectivity index (χ1n) is 19.0. The van der Waals surface area contributed by atoms with Crippen LogP contribution in [0, 0.1) is 10.8 Å². The van der Waals surface area contributed by atoms with Gasteiger partial charge in [0.05, 0.1) is 0 Å². The predicted molar refractivity (Wildman–Crippen MR) is 222 cm³/mol. The molecule has 4 aromatic rings. The number of hydrogen-bond donors (Lipinski definition) is 0. The molecule has 8 rings (SSSR count). The molecule has 50 heavy (non-hydrogen) atoms. The second-order valence-corrected chi connectivity index (χ2v) is 47.9. The molecule has 262 valence electrons. The van der Waals surface area contributed by atoms with Crippen molar-refractivity contribution in [3.63, 3.8) is 0 Å². The Kier molecular flexibility index (Phi) is 10.7. The van der Waals surface area contributed by atoms with E-state index in [1.54, 1.807) is 22.3 Å². The van der Waals surface area contributed by atoms with Gasteiger partial charge in [0.25, 0.3) is 0 Å². The Morgan fingerprint density at radius 3 is 1.28 bits per heavy atom. The summed E-state index contributed by atoms with van der Waals surface area (Å²) in [5, 5.41) is 0. The second-order valence-electron chi connectivity index (χ2n) is 17.4. The Hall–Kier alpha value is -1.96. The molecule has 2 atom stereocenters. The summed E-state index contributed by atoms with van der Waals surface area (Å²) in [5.41, 5.74) is 16.5. The maximum Gasteiger partial charge on any atom is -0.147 e. The molecular weight excluding hydrogens is 743 g/mol. The molecule has 0 N–H and O–H groups in total. The van der Waals surface area contributed by atoms with E-state index >= 15 is 0 Å². The van der Waals surface area contributed by atoms with Crippen LogP contribution in [-0.4, -0.2) is 6.88 Å². The van der Waals surface area contributed by atoms with Gasteiger partial charge >= 0.3 is 295 Å². The minimum Gasteiger partial charge on any atom is -0.147 e. The van der Waals surface area contributed by atoms with Gasteiger partial charge in [0.2, 0.25) is 0 Å². The molecule has 0 aromatic heterocycles. The smallest absolute Gasteiger partial charge is 0.147 e. The van der Waals surface area contributed by atoms with Crippen LogP contribution in [-0.2, 0) is 17.4 Å².